The van der Waals surface area contributed by atoms with Gasteiger partial charge < -0.3 is 9.47 Å². The molecule has 0 unspecified atom stereocenters. The molecular formula is C20H15ClF3NO5S2. The largest absolute Gasteiger partial charge is 0.465 e. The summed E-state index contributed by atoms with van der Waals surface area (Å²) in [6.45, 7) is 1.47. The normalized spacial score (nSPS) is 11.8. The van der Waals surface area contributed by atoms with Crippen LogP contribution in [0.4, 0.5) is 18.9 Å². The third-order valence-electron chi connectivity index (χ3n) is 4.28. The molecule has 0 aliphatic carbocycles. The van der Waals surface area contributed by atoms with Crippen LogP contribution in [-0.4, -0.2) is 21.5 Å². The van der Waals surface area contributed by atoms with Gasteiger partial charge in [-0.1, -0.05) is 17.7 Å². The number of thiophene rings is 1. The first-order chi connectivity index (χ1) is 14.9. The Morgan fingerprint density at radius 3 is 2.50 bits per heavy atom. The van der Waals surface area contributed by atoms with Crippen molar-refractivity contribution in [2.75, 3.05) is 11.8 Å². The number of alkyl halides is 3. The highest BCUT2D eigenvalue weighted by atomic mass is 35.5. The van der Waals surface area contributed by atoms with Crippen LogP contribution in [0.15, 0.2) is 52.7 Å². The second kappa shape index (κ2) is 9.00. The molecule has 1 aromatic heterocycles. The van der Waals surface area contributed by atoms with Crippen molar-refractivity contribution in [3.63, 3.8) is 0 Å². The molecule has 32 heavy (non-hydrogen) atoms. The number of hydrogen-bond donors (Lipinski definition) is 1. The van der Waals surface area contributed by atoms with E-state index in [2.05, 4.69) is 9.46 Å². The van der Waals surface area contributed by atoms with E-state index in [1.807, 2.05) is 0 Å². The van der Waals surface area contributed by atoms with Crippen molar-refractivity contribution in [1.82, 2.24) is 0 Å². The Labute approximate surface area is 190 Å². The second-order valence-corrected chi connectivity index (χ2v) is 9.36. The minimum absolute atomic E-state index is 0.000919. The molecule has 170 valence electrons. The van der Waals surface area contributed by atoms with Crippen LogP contribution in [0.3, 0.4) is 0 Å². The van der Waals surface area contributed by atoms with Crippen molar-refractivity contribution >= 4 is 44.6 Å². The topological polar surface area (TPSA) is 81.7 Å². The third kappa shape index (κ3) is 5.00. The lowest BCUT2D eigenvalue weighted by Crippen LogP contribution is -2.16. The van der Waals surface area contributed by atoms with Crippen molar-refractivity contribution in [3.05, 3.63) is 68.9 Å². The molecule has 3 aromatic rings. The summed E-state index contributed by atoms with van der Waals surface area (Å²) < 4.78 is 78.1. The number of rotatable bonds is 6. The van der Waals surface area contributed by atoms with Crippen LogP contribution in [0.2, 0.25) is 5.02 Å². The molecule has 0 aliphatic rings. The number of ether oxygens (including phenoxy) is 2. The maximum absolute atomic E-state index is 13.3. The minimum atomic E-state index is -4.73. The highest BCUT2D eigenvalue weighted by Gasteiger charge is 2.32. The molecule has 0 spiro atoms. The summed E-state index contributed by atoms with van der Waals surface area (Å²) in [7, 11) is -3.17. The van der Waals surface area contributed by atoms with Gasteiger partial charge in [0.1, 0.15) is 0 Å². The van der Waals surface area contributed by atoms with Gasteiger partial charge in [0.25, 0.3) is 10.0 Å². The molecule has 0 bridgehead atoms. The zero-order valence-electron chi connectivity index (χ0n) is 16.5. The molecule has 0 fully saturated rings. The fourth-order valence-corrected chi connectivity index (χ4v) is 4.98. The maximum Gasteiger partial charge on any atom is 0.416 e. The molecule has 3 rings (SSSR count). The Hall–Kier alpha value is -2.76. The summed E-state index contributed by atoms with van der Waals surface area (Å²) in [5.41, 5.74) is -1.34. The standard InChI is InChI=1S/C20H15ClF3NO5S2/c1-11-13(21)4-3-5-17(11)32(27,28)25-14-10-12(20(22,23)24)6-7-15(14)30-16-8-9-31-18(16)19(26)29-2/h3-10,25H,1-2H3. The fraction of sp³-hybridized carbons (Fsp3) is 0.150. The van der Waals surface area contributed by atoms with E-state index in [9.17, 15) is 26.4 Å². The predicted molar refractivity (Wildman–Crippen MR) is 114 cm³/mol. The predicted octanol–water partition coefficient (Wildman–Crippen LogP) is 6.11. The summed E-state index contributed by atoms with van der Waals surface area (Å²) in [5.74, 6) is -0.954. The number of nitrogens with one attached hydrogen (secondary N) is 1. The zero-order valence-corrected chi connectivity index (χ0v) is 18.9. The average molecular weight is 506 g/mol. The first-order valence-corrected chi connectivity index (χ1v) is 11.5. The summed E-state index contributed by atoms with van der Waals surface area (Å²) >= 11 is 6.98. The number of methoxy groups -OCH3 is 1. The van der Waals surface area contributed by atoms with Crippen LogP contribution in [-0.2, 0) is 20.9 Å². The molecule has 0 saturated heterocycles. The summed E-state index contributed by atoms with van der Waals surface area (Å²) in [5, 5.41) is 1.69. The maximum atomic E-state index is 13.3. The fourth-order valence-electron chi connectivity index (χ4n) is 2.69. The van der Waals surface area contributed by atoms with Crippen LogP contribution < -0.4 is 9.46 Å². The van der Waals surface area contributed by atoms with Crippen molar-refractivity contribution in [2.24, 2.45) is 0 Å². The molecule has 1 heterocycles. The number of carbonyl (C=O) groups is 1. The second-order valence-electron chi connectivity index (χ2n) is 6.38. The van der Waals surface area contributed by atoms with E-state index in [1.165, 1.54) is 36.6 Å². The molecule has 0 radical (unpaired) electrons. The highest BCUT2D eigenvalue weighted by Crippen LogP contribution is 2.39. The van der Waals surface area contributed by atoms with E-state index in [1.54, 1.807) is 0 Å². The van der Waals surface area contributed by atoms with Crippen LogP contribution in [0.5, 0.6) is 11.5 Å². The number of halogens is 4. The number of benzene rings is 2. The zero-order chi connectivity index (χ0) is 23.7. The van der Waals surface area contributed by atoms with Crippen molar-refractivity contribution in [2.45, 2.75) is 18.0 Å². The number of carbonyl (C=O) groups excluding carboxylic acids is 1. The van der Waals surface area contributed by atoms with Gasteiger partial charge in [0.15, 0.2) is 16.4 Å². The monoisotopic (exact) mass is 505 g/mol. The molecule has 0 aliphatic heterocycles. The molecule has 6 nitrogen and oxygen atoms in total. The van der Waals surface area contributed by atoms with E-state index in [0.717, 1.165) is 30.6 Å². The first-order valence-electron chi connectivity index (χ1n) is 8.77. The smallest absolute Gasteiger partial charge is 0.416 e. The van der Waals surface area contributed by atoms with Crippen molar-refractivity contribution in [1.29, 1.82) is 0 Å². The summed E-state index contributed by atoms with van der Waals surface area (Å²) in [6.07, 6.45) is -4.73. The van der Waals surface area contributed by atoms with Crippen LogP contribution in [0.25, 0.3) is 0 Å². The molecule has 2 aromatic carbocycles. The van der Waals surface area contributed by atoms with E-state index in [-0.39, 0.29) is 31.9 Å². The van der Waals surface area contributed by atoms with Gasteiger partial charge in [-0.3, -0.25) is 4.72 Å². The van der Waals surface area contributed by atoms with Crippen LogP contribution >= 0.6 is 22.9 Å². The van der Waals surface area contributed by atoms with Gasteiger partial charge in [0.2, 0.25) is 0 Å². The third-order valence-corrected chi connectivity index (χ3v) is 7.07. The number of anilines is 1. The van der Waals surface area contributed by atoms with E-state index in [0.29, 0.717) is 6.07 Å². The Morgan fingerprint density at radius 1 is 1.12 bits per heavy atom. The number of hydrogen-bond acceptors (Lipinski definition) is 6. The summed E-state index contributed by atoms with van der Waals surface area (Å²) in [6, 6.07) is 7.88. The van der Waals surface area contributed by atoms with E-state index < -0.39 is 33.4 Å². The lowest BCUT2D eigenvalue weighted by Gasteiger charge is -2.17. The Balaban J connectivity index is 2.08. The first kappa shape index (κ1) is 23.9. The SMILES string of the molecule is COC(=O)c1sccc1Oc1ccc(C(F)(F)F)cc1NS(=O)(=O)c1cccc(Cl)c1C. The van der Waals surface area contributed by atoms with Gasteiger partial charge in [0, 0.05) is 5.02 Å². The molecule has 12 heteroatoms. The lowest BCUT2D eigenvalue weighted by atomic mass is 10.2. The Kier molecular flexibility index (Phi) is 6.72. The van der Waals surface area contributed by atoms with Gasteiger partial charge in [-0.05, 0) is 54.3 Å². The van der Waals surface area contributed by atoms with E-state index >= 15 is 0 Å². The molecule has 1 N–H and O–H groups in total. The van der Waals surface area contributed by atoms with Gasteiger partial charge in [0.05, 0.1) is 23.3 Å². The van der Waals surface area contributed by atoms with E-state index in [4.69, 9.17) is 16.3 Å². The minimum Gasteiger partial charge on any atom is -0.465 e. The number of sulfonamides is 1. The Morgan fingerprint density at radius 2 is 1.84 bits per heavy atom. The molecule has 0 atom stereocenters. The Bertz CT molecular complexity index is 1270. The average Bonchev–Trinajstić information content (AvgIpc) is 3.17. The van der Waals surface area contributed by atoms with Gasteiger partial charge in [-0.2, -0.15) is 13.2 Å². The molecular weight excluding hydrogens is 491 g/mol. The molecule has 0 amide bonds. The quantitative estimate of drug-likeness (QED) is 0.409. The van der Waals surface area contributed by atoms with Crippen LogP contribution in [0.1, 0.15) is 20.8 Å². The molecule has 0 saturated carbocycles. The van der Waals surface area contributed by atoms with Gasteiger partial charge in [-0.15, -0.1) is 11.3 Å². The van der Waals surface area contributed by atoms with Gasteiger partial charge in [-0.25, -0.2) is 13.2 Å². The van der Waals surface area contributed by atoms with Crippen molar-refractivity contribution < 1.29 is 35.9 Å². The number of esters is 1. The lowest BCUT2D eigenvalue weighted by molar-refractivity contribution is -0.137. The highest BCUT2D eigenvalue weighted by molar-refractivity contribution is 7.92. The van der Waals surface area contributed by atoms with Crippen molar-refractivity contribution in [3.8, 4) is 11.5 Å². The van der Waals surface area contributed by atoms with Gasteiger partial charge >= 0.3 is 12.1 Å². The summed E-state index contributed by atoms with van der Waals surface area (Å²) in [4.78, 5) is 11.7. The van der Waals surface area contributed by atoms with Crippen LogP contribution in [0, 0.1) is 6.92 Å².